The summed E-state index contributed by atoms with van der Waals surface area (Å²) in [6.07, 6.45) is 5.91. The van der Waals surface area contributed by atoms with Crippen molar-refractivity contribution in [3.63, 3.8) is 0 Å². The maximum absolute atomic E-state index is 11.6. The highest BCUT2D eigenvalue weighted by atomic mass is 35.5. The number of benzene rings is 1. The van der Waals surface area contributed by atoms with Crippen molar-refractivity contribution in [1.82, 2.24) is 4.57 Å². The molecular formula is C15H16ClNO. The Labute approximate surface area is 112 Å². The number of ketones is 1. The number of hydrogen-bond donors (Lipinski definition) is 0. The predicted molar refractivity (Wildman–Crippen MR) is 73.9 cm³/mol. The van der Waals surface area contributed by atoms with Crippen LogP contribution in [-0.4, -0.2) is 10.4 Å². The van der Waals surface area contributed by atoms with Gasteiger partial charge in [-0.05, 0) is 31.4 Å². The zero-order valence-electron chi connectivity index (χ0n) is 10.2. The molecule has 0 spiro atoms. The number of aromatic nitrogens is 1. The minimum Gasteiger partial charge on any atom is -0.346 e. The van der Waals surface area contributed by atoms with Crippen LogP contribution < -0.4 is 0 Å². The summed E-state index contributed by atoms with van der Waals surface area (Å²) < 4.78 is 2.17. The van der Waals surface area contributed by atoms with Gasteiger partial charge in [0.15, 0.2) is 0 Å². The first-order chi connectivity index (χ1) is 8.75. The molecule has 2 nitrogen and oxygen atoms in total. The summed E-state index contributed by atoms with van der Waals surface area (Å²) in [4.78, 5) is 11.6. The van der Waals surface area contributed by atoms with Crippen LogP contribution in [0.5, 0.6) is 0 Å². The molecule has 1 aromatic heterocycles. The lowest BCUT2D eigenvalue weighted by molar-refractivity contribution is -0.120. The quantitative estimate of drug-likeness (QED) is 0.817. The number of rotatable bonds is 3. The van der Waals surface area contributed by atoms with E-state index >= 15 is 0 Å². The molecule has 0 amide bonds. The molecule has 1 aliphatic carbocycles. The zero-order chi connectivity index (χ0) is 12.5. The van der Waals surface area contributed by atoms with Crippen LogP contribution in [0.25, 0.3) is 10.9 Å². The zero-order valence-corrected chi connectivity index (χ0v) is 11.0. The average Bonchev–Trinajstić information content (AvgIpc) is 2.94. The van der Waals surface area contributed by atoms with E-state index in [1.807, 2.05) is 12.1 Å². The molecule has 3 heteroatoms. The van der Waals surface area contributed by atoms with Gasteiger partial charge in [-0.1, -0.05) is 23.7 Å². The molecule has 18 heavy (non-hydrogen) atoms. The molecule has 0 saturated heterocycles. The fourth-order valence-electron chi connectivity index (χ4n) is 2.89. The number of halogens is 1. The van der Waals surface area contributed by atoms with Gasteiger partial charge in [-0.2, -0.15) is 0 Å². The van der Waals surface area contributed by atoms with Crippen molar-refractivity contribution < 1.29 is 4.79 Å². The van der Waals surface area contributed by atoms with E-state index in [0.29, 0.717) is 5.78 Å². The van der Waals surface area contributed by atoms with Crippen LogP contribution in [0.3, 0.4) is 0 Å². The van der Waals surface area contributed by atoms with Crippen LogP contribution in [0.4, 0.5) is 0 Å². The molecule has 0 radical (unpaired) electrons. The van der Waals surface area contributed by atoms with Crippen LogP contribution in [0.1, 0.15) is 25.7 Å². The third kappa shape index (κ3) is 2.05. The molecule has 0 N–H and O–H groups in total. The van der Waals surface area contributed by atoms with Crippen molar-refractivity contribution in [2.75, 3.05) is 0 Å². The maximum Gasteiger partial charge on any atom is 0.136 e. The van der Waals surface area contributed by atoms with Gasteiger partial charge in [0.1, 0.15) is 5.78 Å². The third-order valence-electron chi connectivity index (χ3n) is 3.89. The number of para-hydroxylation sites is 1. The van der Waals surface area contributed by atoms with Crippen molar-refractivity contribution in [3.05, 3.63) is 35.5 Å². The lowest BCUT2D eigenvalue weighted by Gasteiger charge is -2.10. The Kier molecular flexibility index (Phi) is 3.13. The van der Waals surface area contributed by atoms with Gasteiger partial charge in [-0.25, -0.2) is 0 Å². The largest absolute Gasteiger partial charge is 0.346 e. The fraction of sp³-hybridized carbons (Fsp3) is 0.400. The number of carbonyl (C=O) groups excluding carboxylic acids is 1. The fourth-order valence-corrected chi connectivity index (χ4v) is 3.18. The van der Waals surface area contributed by atoms with Gasteiger partial charge >= 0.3 is 0 Å². The minimum absolute atomic E-state index is 0.268. The smallest absolute Gasteiger partial charge is 0.136 e. The van der Waals surface area contributed by atoms with E-state index in [2.05, 4.69) is 22.9 Å². The van der Waals surface area contributed by atoms with Gasteiger partial charge in [0.25, 0.3) is 0 Å². The summed E-state index contributed by atoms with van der Waals surface area (Å²) in [5.41, 5.74) is 1.09. The normalized spacial score (nSPS) is 19.8. The van der Waals surface area contributed by atoms with Crippen LogP contribution in [0.2, 0.25) is 5.02 Å². The Bertz CT molecular complexity index is 587. The van der Waals surface area contributed by atoms with Gasteiger partial charge < -0.3 is 4.57 Å². The molecule has 2 aromatic rings. The summed E-state index contributed by atoms with van der Waals surface area (Å²) in [5, 5.41) is 1.95. The van der Waals surface area contributed by atoms with Crippen molar-refractivity contribution in [1.29, 1.82) is 0 Å². The summed E-state index contributed by atoms with van der Waals surface area (Å²) in [6.45, 7) is 0.879. The molecule has 1 aliphatic rings. The Morgan fingerprint density at radius 1 is 1.33 bits per heavy atom. The molecule has 94 valence electrons. The molecule has 1 fully saturated rings. The maximum atomic E-state index is 11.6. The summed E-state index contributed by atoms with van der Waals surface area (Å²) in [7, 11) is 0. The van der Waals surface area contributed by atoms with Gasteiger partial charge in [-0.3, -0.25) is 4.79 Å². The Balaban J connectivity index is 1.80. The monoisotopic (exact) mass is 261 g/mol. The highest BCUT2D eigenvalue weighted by Gasteiger charge is 2.23. The van der Waals surface area contributed by atoms with Crippen LogP contribution in [0, 0.1) is 5.92 Å². The molecule has 1 saturated carbocycles. The number of fused-ring (bicyclic) bond motifs is 1. The van der Waals surface area contributed by atoms with Crippen molar-refractivity contribution in [2.45, 2.75) is 32.2 Å². The van der Waals surface area contributed by atoms with E-state index in [9.17, 15) is 4.79 Å². The Hall–Kier alpha value is -1.28. The second-order valence-electron chi connectivity index (χ2n) is 5.03. The van der Waals surface area contributed by atoms with E-state index < -0.39 is 0 Å². The molecular weight excluding hydrogens is 246 g/mol. The summed E-state index contributed by atoms with van der Waals surface area (Å²) in [6, 6.07) is 8.03. The highest BCUT2D eigenvalue weighted by Crippen LogP contribution is 2.28. The van der Waals surface area contributed by atoms with E-state index in [-0.39, 0.29) is 5.92 Å². The molecule has 0 aliphatic heterocycles. The number of aryl methyl sites for hydroxylation is 1. The number of carbonyl (C=O) groups is 1. The molecule has 1 atom stereocenters. The molecule has 1 unspecified atom stereocenters. The van der Waals surface area contributed by atoms with Crippen LogP contribution in [0.15, 0.2) is 30.5 Å². The van der Waals surface area contributed by atoms with Gasteiger partial charge in [0.05, 0.1) is 10.5 Å². The van der Waals surface area contributed by atoms with E-state index in [4.69, 9.17) is 11.6 Å². The lowest BCUT2D eigenvalue weighted by atomic mass is 10.0. The lowest BCUT2D eigenvalue weighted by Crippen LogP contribution is -2.10. The highest BCUT2D eigenvalue weighted by molar-refractivity contribution is 6.35. The Morgan fingerprint density at radius 2 is 2.22 bits per heavy atom. The van der Waals surface area contributed by atoms with Crippen molar-refractivity contribution in [2.24, 2.45) is 5.92 Å². The van der Waals surface area contributed by atoms with Crippen LogP contribution >= 0.6 is 11.6 Å². The van der Waals surface area contributed by atoms with E-state index in [1.54, 1.807) is 0 Å². The van der Waals surface area contributed by atoms with Gasteiger partial charge in [-0.15, -0.1) is 0 Å². The molecule has 1 heterocycles. The second kappa shape index (κ2) is 4.77. The molecule has 0 bridgehead atoms. The number of Topliss-reactive ketones (excluding diaryl/α,β-unsaturated/α-hetero) is 1. The first kappa shape index (κ1) is 11.8. The van der Waals surface area contributed by atoms with Gasteiger partial charge in [0, 0.05) is 30.5 Å². The van der Waals surface area contributed by atoms with Crippen LogP contribution in [-0.2, 0) is 11.3 Å². The van der Waals surface area contributed by atoms with E-state index in [0.717, 1.165) is 42.8 Å². The second-order valence-corrected chi connectivity index (χ2v) is 5.44. The predicted octanol–water partition coefficient (Wildman–Crippen LogP) is 4.05. The molecule has 3 rings (SSSR count). The summed E-state index contributed by atoms with van der Waals surface area (Å²) >= 11 is 6.24. The standard InChI is InChI=1S/C15H16ClNO/c16-13-5-1-4-12-8-10-17(15(12)13)9-7-11-3-2-6-14(11)18/h1,4-5,8,10-11H,2-3,6-7,9H2. The third-order valence-corrected chi connectivity index (χ3v) is 4.19. The topological polar surface area (TPSA) is 22.0 Å². The molecule has 1 aromatic carbocycles. The first-order valence-electron chi connectivity index (χ1n) is 6.52. The first-order valence-corrected chi connectivity index (χ1v) is 6.89. The SMILES string of the molecule is O=C1CCCC1CCn1ccc2cccc(Cl)c21. The Morgan fingerprint density at radius 3 is 3.00 bits per heavy atom. The van der Waals surface area contributed by atoms with Crippen molar-refractivity contribution in [3.8, 4) is 0 Å². The summed E-state index contributed by atoms with van der Waals surface area (Å²) in [5.74, 6) is 0.711. The minimum atomic E-state index is 0.268. The number of nitrogens with zero attached hydrogens (tertiary/aromatic N) is 1. The average molecular weight is 262 g/mol. The number of hydrogen-bond acceptors (Lipinski definition) is 1. The van der Waals surface area contributed by atoms with Crippen molar-refractivity contribution >= 4 is 28.3 Å². The van der Waals surface area contributed by atoms with Gasteiger partial charge in [0.2, 0.25) is 0 Å². The van der Waals surface area contributed by atoms with E-state index in [1.165, 1.54) is 5.39 Å².